The molecule has 28 heavy (non-hydrogen) atoms. The van der Waals surface area contributed by atoms with Crippen molar-refractivity contribution in [2.45, 2.75) is 19.6 Å². The number of rotatable bonds is 4. The third-order valence-corrected chi connectivity index (χ3v) is 4.83. The van der Waals surface area contributed by atoms with Gasteiger partial charge in [0.05, 0.1) is 42.3 Å². The molecule has 2 amide bonds. The number of benzene rings is 1. The van der Waals surface area contributed by atoms with Crippen LogP contribution in [0.25, 0.3) is 11.0 Å². The highest BCUT2D eigenvalue weighted by Gasteiger charge is 2.30. The van der Waals surface area contributed by atoms with E-state index in [9.17, 15) is 9.59 Å². The number of imidazole rings is 1. The number of carbonyl (C=O) groups excluding carboxylic acids is 2. The molecule has 1 unspecified atom stereocenters. The lowest BCUT2D eigenvalue weighted by Gasteiger charge is -2.32. The number of fused-ring (bicyclic) bond motifs is 1. The Labute approximate surface area is 161 Å². The number of amides is 2. The van der Waals surface area contributed by atoms with Crippen molar-refractivity contribution in [3.05, 3.63) is 42.5 Å². The van der Waals surface area contributed by atoms with Gasteiger partial charge in [-0.15, -0.1) is 0 Å². The molecule has 1 saturated heterocycles. The third-order valence-electron chi connectivity index (χ3n) is 4.83. The number of hydrogen-bond acceptors (Lipinski definition) is 5. The van der Waals surface area contributed by atoms with E-state index in [1.807, 2.05) is 22.8 Å². The third kappa shape index (κ3) is 3.48. The zero-order chi connectivity index (χ0) is 19.7. The van der Waals surface area contributed by atoms with Crippen molar-refractivity contribution in [3.63, 3.8) is 0 Å². The Morgan fingerprint density at radius 1 is 1.36 bits per heavy atom. The Hall–Kier alpha value is -3.20. The molecule has 1 fully saturated rings. The molecular weight excluding hydrogens is 360 g/mol. The van der Waals surface area contributed by atoms with Crippen LogP contribution in [0.2, 0.25) is 0 Å². The molecule has 2 aromatic heterocycles. The van der Waals surface area contributed by atoms with Crippen LogP contribution < -0.4 is 5.32 Å². The van der Waals surface area contributed by atoms with Gasteiger partial charge in [-0.25, -0.2) is 4.98 Å². The maximum Gasteiger partial charge on any atom is 0.257 e. The predicted octanol–water partition coefficient (Wildman–Crippen LogP) is 1.27. The van der Waals surface area contributed by atoms with Crippen LogP contribution in [-0.4, -0.2) is 61.8 Å². The van der Waals surface area contributed by atoms with E-state index < -0.39 is 6.10 Å². The zero-order valence-corrected chi connectivity index (χ0v) is 15.8. The molecule has 1 aliphatic rings. The smallest absolute Gasteiger partial charge is 0.257 e. The van der Waals surface area contributed by atoms with Crippen molar-refractivity contribution in [1.82, 2.24) is 24.2 Å². The number of nitrogens with one attached hydrogen (secondary N) is 1. The first-order valence-electron chi connectivity index (χ1n) is 9.20. The highest BCUT2D eigenvalue weighted by molar-refractivity contribution is 5.97. The van der Waals surface area contributed by atoms with E-state index >= 15 is 0 Å². The molecule has 0 aliphatic carbocycles. The van der Waals surface area contributed by atoms with Gasteiger partial charge < -0.3 is 19.5 Å². The highest BCUT2D eigenvalue weighted by atomic mass is 16.5. The molecule has 1 atom stereocenters. The van der Waals surface area contributed by atoms with E-state index in [2.05, 4.69) is 22.3 Å². The molecule has 1 N–H and O–H groups in total. The Morgan fingerprint density at radius 2 is 2.21 bits per heavy atom. The van der Waals surface area contributed by atoms with Crippen LogP contribution in [0.1, 0.15) is 17.3 Å². The second-order valence-corrected chi connectivity index (χ2v) is 6.74. The minimum absolute atomic E-state index is 0.152. The highest BCUT2D eigenvalue weighted by Crippen LogP contribution is 2.19. The second-order valence-electron chi connectivity index (χ2n) is 6.74. The topological polar surface area (TPSA) is 94.3 Å². The Morgan fingerprint density at radius 3 is 2.96 bits per heavy atom. The summed E-state index contributed by atoms with van der Waals surface area (Å²) in [4.78, 5) is 31.2. The summed E-state index contributed by atoms with van der Waals surface area (Å²) in [7, 11) is 1.76. The summed E-state index contributed by atoms with van der Waals surface area (Å²) in [5.41, 5.74) is 2.99. The second kappa shape index (κ2) is 7.43. The van der Waals surface area contributed by atoms with Gasteiger partial charge in [0.1, 0.15) is 0 Å². The van der Waals surface area contributed by atoms with E-state index in [4.69, 9.17) is 4.74 Å². The Balaban J connectivity index is 1.43. The van der Waals surface area contributed by atoms with Gasteiger partial charge in [-0.05, 0) is 25.1 Å². The van der Waals surface area contributed by atoms with E-state index in [1.54, 1.807) is 29.2 Å². The molecule has 3 aromatic rings. The van der Waals surface area contributed by atoms with Crippen LogP contribution in [0.15, 0.2) is 36.9 Å². The zero-order valence-electron chi connectivity index (χ0n) is 15.8. The van der Waals surface area contributed by atoms with Gasteiger partial charge >= 0.3 is 0 Å². The molecule has 0 spiro atoms. The Bertz CT molecular complexity index is 1020. The van der Waals surface area contributed by atoms with E-state index in [1.165, 1.54) is 6.20 Å². The summed E-state index contributed by atoms with van der Waals surface area (Å²) in [6.07, 6.45) is 4.25. The van der Waals surface area contributed by atoms with Crippen molar-refractivity contribution in [2.24, 2.45) is 7.05 Å². The number of nitrogens with zero attached hydrogens (tertiary/aromatic N) is 5. The van der Waals surface area contributed by atoms with Crippen LogP contribution in [0, 0.1) is 0 Å². The molecule has 9 nitrogen and oxygen atoms in total. The minimum Gasteiger partial charge on any atom is -0.365 e. The minimum atomic E-state index is -0.724. The van der Waals surface area contributed by atoms with Gasteiger partial charge in [0.2, 0.25) is 0 Å². The standard InChI is InChI=1S/C19H22N6O3/c1-3-24-12-20-15-8-14(4-5-16(15)24)22-18(26)17-11-25(6-7-28-17)19(27)13-9-21-23(2)10-13/h4-5,8-10,12,17H,3,6-7,11H2,1-2H3,(H,22,26). The number of ether oxygens (including phenoxy) is 1. The molecule has 0 radical (unpaired) electrons. The first-order valence-corrected chi connectivity index (χ1v) is 9.20. The molecule has 4 rings (SSSR count). The van der Waals surface area contributed by atoms with Gasteiger partial charge in [0, 0.05) is 32.0 Å². The fraction of sp³-hybridized carbons (Fsp3) is 0.368. The van der Waals surface area contributed by atoms with Crippen molar-refractivity contribution in [2.75, 3.05) is 25.0 Å². The number of hydrogen-bond donors (Lipinski definition) is 1. The summed E-state index contributed by atoms with van der Waals surface area (Å²) >= 11 is 0. The predicted molar refractivity (Wildman–Crippen MR) is 103 cm³/mol. The quantitative estimate of drug-likeness (QED) is 0.733. The van der Waals surface area contributed by atoms with E-state index in [0.717, 1.165) is 17.6 Å². The molecule has 1 aromatic carbocycles. The summed E-state index contributed by atoms with van der Waals surface area (Å²) in [6.45, 7) is 3.84. The fourth-order valence-electron chi connectivity index (χ4n) is 3.32. The summed E-state index contributed by atoms with van der Waals surface area (Å²) in [6, 6.07) is 5.61. The molecule has 1 aliphatic heterocycles. The molecule has 146 valence electrons. The maximum atomic E-state index is 12.7. The Kier molecular flexibility index (Phi) is 4.82. The van der Waals surface area contributed by atoms with Gasteiger partial charge in [-0.1, -0.05) is 0 Å². The summed E-state index contributed by atoms with van der Waals surface area (Å²) in [5, 5.41) is 6.89. The number of aromatic nitrogens is 4. The summed E-state index contributed by atoms with van der Waals surface area (Å²) < 4.78 is 9.21. The average Bonchev–Trinajstić information content (AvgIpc) is 3.33. The maximum absolute atomic E-state index is 12.7. The van der Waals surface area contributed by atoms with Crippen molar-refractivity contribution >= 4 is 28.5 Å². The molecule has 0 bridgehead atoms. The van der Waals surface area contributed by atoms with Crippen molar-refractivity contribution in [1.29, 1.82) is 0 Å². The molecule has 3 heterocycles. The van der Waals surface area contributed by atoms with Crippen LogP contribution >= 0.6 is 0 Å². The summed E-state index contributed by atoms with van der Waals surface area (Å²) in [5.74, 6) is -0.432. The SMILES string of the molecule is CCn1cnc2cc(NC(=O)C3CN(C(=O)c4cnn(C)c4)CCO3)ccc21. The van der Waals surface area contributed by atoms with Crippen LogP contribution in [0.4, 0.5) is 5.69 Å². The van der Waals surface area contributed by atoms with Gasteiger partial charge in [-0.3, -0.25) is 14.3 Å². The van der Waals surface area contributed by atoms with E-state index in [-0.39, 0.29) is 18.4 Å². The molecule has 0 saturated carbocycles. The number of aryl methyl sites for hydroxylation is 2. The fourth-order valence-corrected chi connectivity index (χ4v) is 3.32. The average molecular weight is 382 g/mol. The van der Waals surface area contributed by atoms with Crippen LogP contribution in [0.5, 0.6) is 0 Å². The lowest BCUT2D eigenvalue weighted by molar-refractivity contribution is -0.131. The first kappa shape index (κ1) is 18.2. The van der Waals surface area contributed by atoms with Gasteiger partial charge in [-0.2, -0.15) is 5.10 Å². The monoisotopic (exact) mass is 382 g/mol. The lowest BCUT2D eigenvalue weighted by atomic mass is 10.2. The van der Waals surface area contributed by atoms with Crippen molar-refractivity contribution < 1.29 is 14.3 Å². The number of morpholine rings is 1. The molecule has 9 heteroatoms. The molecular formula is C19H22N6O3. The van der Waals surface area contributed by atoms with Gasteiger partial charge in [0.25, 0.3) is 11.8 Å². The van der Waals surface area contributed by atoms with Crippen LogP contribution in [0.3, 0.4) is 0 Å². The van der Waals surface area contributed by atoms with Crippen molar-refractivity contribution in [3.8, 4) is 0 Å². The largest absolute Gasteiger partial charge is 0.365 e. The number of carbonyl (C=O) groups is 2. The first-order chi connectivity index (χ1) is 13.5. The van der Waals surface area contributed by atoms with Crippen LogP contribution in [-0.2, 0) is 23.1 Å². The lowest BCUT2D eigenvalue weighted by Crippen LogP contribution is -2.50. The normalized spacial score (nSPS) is 17.1. The van der Waals surface area contributed by atoms with E-state index in [0.29, 0.717) is 24.4 Å². The van der Waals surface area contributed by atoms with Gasteiger partial charge in [0.15, 0.2) is 6.10 Å². The number of anilines is 1.